The summed E-state index contributed by atoms with van der Waals surface area (Å²) < 4.78 is 1.76. The van der Waals surface area contributed by atoms with E-state index in [1.54, 1.807) is 4.68 Å². The first-order valence-corrected chi connectivity index (χ1v) is 6.39. The van der Waals surface area contributed by atoms with Gasteiger partial charge in [0.25, 0.3) is 0 Å². The zero-order valence-electron chi connectivity index (χ0n) is 10.1. The lowest BCUT2D eigenvalue weighted by Gasteiger charge is -2.08. The summed E-state index contributed by atoms with van der Waals surface area (Å²) in [6.07, 6.45) is 2.50. The summed E-state index contributed by atoms with van der Waals surface area (Å²) in [5, 5.41) is 16.0. The number of hydrogen-bond donors (Lipinski definition) is 1. The highest BCUT2D eigenvalue weighted by Crippen LogP contribution is 2.21. The quantitative estimate of drug-likeness (QED) is 0.915. The molecule has 1 aromatic carbocycles. The summed E-state index contributed by atoms with van der Waals surface area (Å²) in [5.74, 6) is 0.826. The van der Waals surface area contributed by atoms with Gasteiger partial charge in [-0.15, -0.1) is 5.10 Å². The van der Waals surface area contributed by atoms with Crippen molar-refractivity contribution < 1.29 is 0 Å². The molecule has 2 aromatic rings. The van der Waals surface area contributed by atoms with Gasteiger partial charge in [-0.05, 0) is 54.0 Å². The number of aryl methyl sites for hydroxylation is 1. The van der Waals surface area contributed by atoms with Crippen molar-refractivity contribution in [1.82, 2.24) is 25.5 Å². The minimum Gasteiger partial charge on any atom is -0.307 e. The van der Waals surface area contributed by atoms with Crippen molar-refractivity contribution in [2.75, 3.05) is 0 Å². The fourth-order valence-corrected chi connectivity index (χ4v) is 2.11. The molecule has 0 amide bonds. The first kappa shape index (κ1) is 11.6. The van der Waals surface area contributed by atoms with Crippen molar-refractivity contribution in [1.29, 1.82) is 0 Å². The van der Waals surface area contributed by atoms with Crippen LogP contribution in [0.4, 0.5) is 0 Å². The van der Waals surface area contributed by atoms with Gasteiger partial charge in [-0.2, -0.15) is 4.68 Å². The predicted octanol–water partition coefficient (Wildman–Crippen LogP) is 1.88. The number of benzene rings is 1. The van der Waals surface area contributed by atoms with Gasteiger partial charge in [-0.25, -0.2) is 0 Å². The standard InChI is InChI=1S/C12H14ClN5/c1-8-6-9(13)2-5-11(8)18-12(15-16-17-18)7-14-10-3-4-10/h2,5-6,10,14H,3-4,7H2,1H3. The maximum absolute atomic E-state index is 5.96. The first-order valence-electron chi connectivity index (χ1n) is 6.01. The molecule has 94 valence electrons. The van der Waals surface area contributed by atoms with E-state index in [4.69, 9.17) is 11.6 Å². The molecular weight excluding hydrogens is 250 g/mol. The Hall–Kier alpha value is -1.46. The van der Waals surface area contributed by atoms with Gasteiger partial charge in [0.05, 0.1) is 12.2 Å². The third kappa shape index (κ3) is 2.37. The van der Waals surface area contributed by atoms with Gasteiger partial charge in [0.2, 0.25) is 0 Å². The number of nitrogens with one attached hydrogen (secondary N) is 1. The summed E-state index contributed by atoms with van der Waals surface area (Å²) in [7, 11) is 0. The molecule has 0 radical (unpaired) electrons. The topological polar surface area (TPSA) is 55.6 Å². The average molecular weight is 264 g/mol. The lowest BCUT2D eigenvalue weighted by Crippen LogP contribution is -2.19. The molecule has 1 heterocycles. The number of halogens is 1. The summed E-state index contributed by atoms with van der Waals surface area (Å²) in [6, 6.07) is 6.34. The number of hydrogen-bond acceptors (Lipinski definition) is 4. The van der Waals surface area contributed by atoms with Gasteiger partial charge in [0.15, 0.2) is 5.82 Å². The monoisotopic (exact) mass is 263 g/mol. The van der Waals surface area contributed by atoms with E-state index in [2.05, 4.69) is 20.8 Å². The van der Waals surface area contributed by atoms with Gasteiger partial charge in [0.1, 0.15) is 0 Å². The number of rotatable bonds is 4. The summed E-state index contributed by atoms with van der Waals surface area (Å²) in [5.41, 5.74) is 2.03. The molecule has 1 aromatic heterocycles. The van der Waals surface area contributed by atoms with Gasteiger partial charge in [-0.3, -0.25) is 0 Å². The third-order valence-corrected chi connectivity index (χ3v) is 3.28. The highest BCUT2D eigenvalue weighted by molar-refractivity contribution is 6.30. The molecule has 0 unspecified atom stereocenters. The van der Waals surface area contributed by atoms with E-state index < -0.39 is 0 Å². The molecule has 6 heteroatoms. The maximum atomic E-state index is 5.96. The van der Waals surface area contributed by atoms with E-state index in [0.29, 0.717) is 12.6 Å². The molecule has 5 nitrogen and oxygen atoms in total. The second kappa shape index (κ2) is 4.66. The lowest BCUT2D eigenvalue weighted by atomic mass is 10.2. The smallest absolute Gasteiger partial charge is 0.170 e. The van der Waals surface area contributed by atoms with Crippen LogP contribution in [0.1, 0.15) is 24.2 Å². The van der Waals surface area contributed by atoms with Gasteiger partial charge >= 0.3 is 0 Å². The molecule has 18 heavy (non-hydrogen) atoms. The van der Waals surface area contributed by atoms with Crippen LogP contribution in [0.5, 0.6) is 0 Å². The number of tetrazole rings is 1. The molecule has 0 bridgehead atoms. The van der Waals surface area contributed by atoms with Crippen molar-refractivity contribution in [3.05, 3.63) is 34.6 Å². The fraction of sp³-hybridized carbons (Fsp3) is 0.417. The van der Waals surface area contributed by atoms with Crippen LogP contribution in [0.25, 0.3) is 5.69 Å². The average Bonchev–Trinajstić information content (AvgIpc) is 3.06. The Morgan fingerprint density at radius 1 is 1.44 bits per heavy atom. The molecular formula is C12H14ClN5. The molecule has 1 fully saturated rings. The van der Waals surface area contributed by atoms with Crippen molar-refractivity contribution in [3.8, 4) is 5.69 Å². The highest BCUT2D eigenvalue weighted by Gasteiger charge is 2.21. The van der Waals surface area contributed by atoms with E-state index >= 15 is 0 Å². The van der Waals surface area contributed by atoms with E-state index in [9.17, 15) is 0 Å². The van der Waals surface area contributed by atoms with Crippen LogP contribution in [0, 0.1) is 6.92 Å². The second-order valence-corrected chi connectivity index (χ2v) is 5.03. The van der Waals surface area contributed by atoms with Gasteiger partial charge in [-0.1, -0.05) is 11.6 Å². The molecule has 1 aliphatic rings. The van der Waals surface area contributed by atoms with Crippen molar-refractivity contribution in [2.24, 2.45) is 0 Å². The molecule has 1 saturated carbocycles. The van der Waals surface area contributed by atoms with Crippen LogP contribution in [0.3, 0.4) is 0 Å². The van der Waals surface area contributed by atoms with Crippen LogP contribution in [0.2, 0.25) is 5.02 Å². The lowest BCUT2D eigenvalue weighted by molar-refractivity contribution is 0.637. The van der Waals surface area contributed by atoms with E-state index in [1.807, 2.05) is 25.1 Å². The van der Waals surface area contributed by atoms with Crippen LogP contribution < -0.4 is 5.32 Å². The van der Waals surface area contributed by atoms with Gasteiger partial charge in [0, 0.05) is 11.1 Å². The molecule has 0 atom stereocenters. The third-order valence-electron chi connectivity index (χ3n) is 3.05. The van der Waals surface area contributed by atoms with Crippen LogP contribution in [-0.4, -0.2) is 26.2 Å². The highest BCUT2D eigenvalue weighted by atomic mass is 35.5. The Bertz CT molecular complexity index is 561. The normalized spacial score (nSPS) is 15.0. The molecule has 0 saturated heterocycles. The zero-order chi connectivity index (χ0) is 12.5. The molecule has 1 aliphatic carbocycles. The largest absolute Gasteiger partial charge is 0.307 e. The first-order chi connectivity index (χ1) is 8.74. The zero-order valence-corrected chi connectivity index (χ0v) is 10.9. The summed E-state index contributed by atoms with van der Waals surface area (Å²) in [4.78, 5) is 0. The molecule has 0 spiro atoms. The van der Waals surface area contributed by atoms with Crippen LogP contribution in [-0.2, 0) is 6.54 Å². The fourth-order valence-electron chi connectivity index (χ4n) is 1.88. The van der Waals surface area contributed by atoms with E-state index in [0.717, 1.165) is 22.1 Å². The van der Waals surface area contributed by atoms with Crippen molar-refractivity contribution >= 4 is 11.6 Å². The van der Waals surface area contributed by atoms with Gasteiger partial charge < -0.3 is 5.32 Å². The van der Waals surface area contributed by atoms with Crippen molar-refractivity contribution in [3.63, 3.8) is 0 Å². The Kier molecular flexibility index (Phi) is 3.01. The Labute approximate surface area is 110 Å². The van der Waals surface area contributed by atoms with E-state index in [1.165, 1.54) is 12.8 Å². The van der Waals surface area contributed by atoms with Crippen molar-refractivity contribution in [2.45, 2.75) is 32.4 Å². The Balaban J connectivity index is 1.88. The van der Waals surface area contributed by atoms with E-state index in [-0.39, 0.29) is 0 Å². The van der Waals surface area contributed by atoms with Crippen LogP contribution >= 0.6 is 11.6 Å². The molecule has 1 N–H and O–H groups in total. The SMILES string of the molecule is Cc1cc(Cl)ccc1-n1nnnc1CNC1CC1. The maximum Gasteiger partial charge on any atom is 0.170 e. The Morgan fingerprint density at radius 2 is 2.28 bits per heavy atom. The number of aromatic nitrogens is 4. The second-order valence-electron chi connectivity index (χ2n) is 4.59. The molecule has 3 rings (SSSR count). The van der Waals surface area contributed by atoms with Crippen LogP contribution in [0.15, 0.2) is 18.2 Å². The predicted molar refractivity (Wildman–Crippen MR) is 68.8 cm³/mol. The minimum absolute atomic E-state index is 0.640. The summed E-state index contributed by atoms with van der Waals surface area (Å²) >= 11 is 5.96. The summed E-state index contributed by atoms with van der Waals surface area (Å²) in [6.45, 7) is 2.70. The number of nitrogens with zero attached hydrogens (tertiary/aromatic N) is 4. The molecule has 0 aliphatic heterocycles. The minimum atomic E-state index is 0.640. The Morgan fingerprint density at radius 3 is 3.00 bits per heavy atom.